The average molecular weight is 351 g/mol. The van der Waals surface area contributed by atoms with Gasteiger partial charge in [0.05, 0.1) is 0 Å². The summed E-state index contributed by atoms with van der Waals surface area (Å²) in [6.45, 7) is 4.23. The van der Waals surface area contributed by atoms with E-state index in [1.165, 1.54) is 19.3 Å². The van der Waals surface area contributed by atoms with Gasteiger partial charge in [0, 0.05) is 0 Å². The van der Waals surface area contributed by atoms with Crippen LogP contribution in [0.1, 0.15) is 82.8 Å². The first-order valence-corrected chi connectivity index (χ1v) is 10.6. The van der Waals surface area contributed by atoms with Gasteiger partial charge in [0.2, 0.25) is 0 Å². The molecule has 1 aromatic carbocycles. The fraction of sp³-hybridized carbons (Fsp3) is 0.600. The molecule has 24 heavy (non-hydrogen) atoms. The highest BCUT2D eigenvalue weighted by molar-refractivity contribution is 7.86. The van der Waals surface area contributed by atoms with E-state index in [4.69, 9.17) is 0 Å². The van der Waals surface area contributed by atoms with Crippen molar-refractivity contribution in [3.8, 4) is 0 Å². The summed E-state index contributed by atoms with van der Waals surface area (Å²) in [4.78, 5) is 0. The van der Waals surface area contributed by atoms with E-state index in [0.29, 0.717) is 12.8 Å². The first-order valence-electron chi connectivity index (χ1n) is 9.20. The average Bonchev–Trinajstić information content (AvgIpc) is 2.55. The van der Waals surface area contributed by atoms with Gasteiger partial charge in [0.1, 0.15) is 4.75 Å². The fourth-order valence-corrected chi connectivity index (χ4v) is 4.99. The van der Waals surface area contributed by atoms with E-state index < -0.39 is 14.9 Å². The zero-order valence-corrected chi connectivity index (χ0v) is 15.7. The van der Waals surface area contributed by atoms with Crippen molar-refractivity contribution in [3.05, 3.63) is 41.0 Å². The number of fused-ring (bicyclic) bond motifs is 1. The molecule has 1 aromatic rings. The SMILES string of the molecule is CCCCCCC1=Cc2ccccc2C(CCCC)(S(=O)(=O)O)C1. The maximum Gasteiger partial charge on any atom is 0.275 e. The van der Waals surface area contributed by atoms with Crippen molar-refractivity contribution in [2.45, 2.75) is 76.4 Å². The zero-order chi connectivity index (χ0) is 17.6. The third-order valence-corrected chi connectivity index (χ3v) is 6.66. The van der Waals surface area contributed by atoms with Gasteiger partial charge in [-0.1, -0.05) is 81.9 Å². The Kier molecular flexibility index (Phi) is 6.64. The van der Waals surface area contributed by atoms with Crippen LogP contribution in [0.2, 0.25) is 0 Å². The molecule has 1 aliphatic rings. The second-order valence-corrected chi connectivity index (χ2v) is 8.68. The van der Waals surface area contributed by atoms with Crippen LogP contribution >= 0.6 is 0 Å². The highest BCUT2D eigenvalue weighted by Gasteiger charge is 2.47. The number of hydrogen-bond acceptors (Lipinski definition) is 2. The first kappa shape index (κ1) is 19.2. The maximum atomic E-state index is 12.4. The predicted octanol–water partition coefficient (Wildman–Crippen LogP) is 5.72. The molecule has 3 nitrogen and oxygen atoms in total. The standard InChI is InChI=1S/C20H30O3S/c1-3-5-7-8-11-17-15-18-12-9-10-13-19(18)20(16-17,14-6-4-2)24(21,22)23/h9-10,12-13,15H,3-8,11,14,16H2,1-2H3,(H,21,22,23). The van der Waals surface area contributed by atoms with Gasteiger partial charge in [-0.3, -0.25) is 4.55 Å². The van der Waals surface area contributed by atoms with Crippen molar-refractivity contribution in [1.82, 2.24) is 0 Å². The normalized spacial score (nSPS) is 20.5. The highest BCUT2D eigenvalue weighted by Crippen LogP contribution is 2.47. The van der Waals surface area contributed by atoms with E-state index in [1.807, 2.05) is 31.2 Å². The molecule has 0 fully saturated rings. The Morgan fingerprint density at radius 1 is 1.04 bits per heavy atom. The molecule has 2 rings (SSSR count). The van der Waals surface area contributed by atoms with E-state index in [1.54, 1.807) is 0 Å². The minimum Gasteiger partial charge on any atom is -0.285 e. The lowest BCUT2D eigenvalue weighted by Gasteiger charge is -2.36. The minimum atomic E-state index is -4.18. The summed E-state index contributed by atoms with van der Waals surface area (Å²) in [5.41, 5.74) is 2.86. The third-order valence-electron chi connectivity index (χ3n) is 5.10. The summed E-state index contributed by atoms with van der Waals surface area (Å²) in [5, 5.41) is 0. The molecule has 4 heteroatoms. The van der Waals surface area contributed by atoms with Crippen LogP contribution in [0.25, 0.3) is 6.08 Å². The second-order valence-electron chi connectivity index (χ2n) is 6.95. The van der Waals surface area contributed by atoms with Gasteiger partial charge < -0.3 is 0 Å². The Morgan fingerprint density at radius 3 is 2.42 bits per heavy atom. The number of rotatable bonds is 9. The predicted molar refractivity (Wildman–Crippen MR) is 101 cm³/mol. The van der Waals surface area contributed by atoms with Crippen LogP contribution in [0.3, 0.4) is 0 Å². The van der Waals surface area contributed by atoms with Crippen molar-refractivity contribution in [2.75, 3.05) is 0 Å². The highest BCUT2D eigenvalue weighted by atomic mass is 32.2. The number of allylic oxidation sites excluding steroid dienone is 1. The summed E-state index contributed by atoms with van der Waals surface area (Å²) in [5.74, 6) is 0. The van der Waals surface area contributed by atoms with Gasteiger partial charge >= 0.3 is 0 Å². The van der Waals surface area contributed by atoms with Gasteiger partial charge in [-0.15, -0.1) is 0 Å². The van der Waals surface area contributed by atoms with Crippen LogP contribution in [0.15, 0.2) is 29.8 Å². The van der Waals surface area contributed by atoms with Gasteiger partial charge in [-0.2, -0.15) is 8.42 Å². The molecule has 1 unspecified atom stereocenters. The molecule has 0 aromatic heterocycles. The smallest absolute Gasteiger partial charge is 0.275 e. The summed E-state index contributed by atoms with van der Waals surface area (Å²) in [6, 6.07) is 7.63. The molecule has 1 aliphatic carbocycles. The van der Waals surface area contributed by atoms with Gasteiger partial charge in [0.15, 0.2) is 0 Å². The number of benzene rings is 1. The fourth-order valence-electron chi connectivity index (χ4n) is 3.75. The van der Waals surface area contributed by atoms with Crippen LogP contribution in [-0.4, -0.2) is 13.0 Å². The lowest BCUT2D eigenvalue weighted by molar-refractivity contribution is 0.396. The minimum absolute atomic E-state index is 0.426. The van der Waals surface area contributed by atoms with Crippen LogP contribution in [0, 0.1) is 0 Å². The van der Waals surface area contributed by atoms with Crippen molar-refractivity contribution >= 4 is 16.2 Å². The van der Waals surface area contributed by atoms with Gasteiger partial charge in [-0.25, -0.2) is 0 Å². The molecule has 0 heterocycles. The van der Waals surface area contributed by atoms with Gasteiger partial charge in [0.25, 0.3) is 10.1 Å². The largest absolute Gasteiger partial charge is 0.285 e. The van der Waals surface area contributed by atoms with Crippen molar-refractivity contribution in [3.63, 3.8) is 0 Å². The molecule has 0 spiro atoms. The quantitative estimate of drug-likeness (QED) is 0.458. The van der Waals surface area contributed by atoms with E-state index in [9.17, 15) is 13.0 Å². The van der Waals surface area contributed by atoms with Crippen LogP contribution in [0.5, 0.6) is 0 Å². The first-order chi connectivity index (χ1) is 11.4. The van der Waals surface area contributed by atoms with E-state index in [-0.39, 0.29) is 0 Å². The van der Waals surface area contributed by atoms with Crippen molar-refractivity contribution in [2.24, 2.45) is 0 Å². The Morgan fingerprint density at radius 2 is 1.75 bits per heavy atom. The van der Waals surface area contributed by atoms with Gasteiger partial charge in [-0.05, 0) is 36.8 Å². The molecular formula is C20H30O3S. The monoisotopic (exact) mass is 350 g/mol. The molecule has 0 saturated heterocycles. The van der Waals surface area contributed by atoms with E-state index in [2.05, 4.69) is 13.0 Å². The van der Waals surface area contributed by atoms with Crippen LogP contribution in [-0.2, 0) is 14.9 Å². The Bertz CT molecular complexity index is 676. The molecular weight excluding hydrogens is 320 g/mol. The zero-order valence-electron chi connectivity index (χ0n) is 14.9. The summed E-state index contributed by atoms with van der Waals surface area (Å²) in [6.07, 6.45) is 10.3. The van der Waals surface area contributed by atoms with Crippen LogP contribution < -0.4 is 0 Å². The molecule has 1 N–H and O–H groups in total. The summed E-state index contributed by atoms with van der Waals surface area (Å²) >= 11 is 0. The van der Waals surface area contributed by atoms with E-state index >= 15 is 0 Å². The molecule has 134 valence electrons. The maximum absolute atomic E-state index is 12.4. The molecule has 1 atom stereocenters. The molecule has 0 bridgehead atoms. The Balaban J connectivity index is 2.38. The second kappa shape index (κ2) is 8.30. The Labute approximate surface area is 146 Å². The number of unbranched alkanes of at least 4 members (excludes halogenated alkanes) is 4. The molecule has 0 aliphatic heterocycles. The Hall–Kier alpha value is -1.13. The van der Waals surface area contributed by atoms with Crippen LogP contribution in [0.4, 0.5) is 0 Å². The lowest BCUT2D eigenvalue weighted by Crippen LogP contribution is -2.38. The number of hydrogen-bond donors (Lipinski definition) is 1. The molecule has 0 saturated carbocycles. The van der Waals surface area contributed by atoms with E-state index in [0.717, 1.165) is 42.4 Å². The summed E-state index contributed by atoms with van der Waals surface area (Å²) < 4.78 is 33.8. The van der Waals surface area contributed by atoms with Crippen molar-refractivity contribution < 1.29 is 13.0 Å². The third kappa shape index (κ3) is 4.09. The molecule has 0 radical (unpaired) electrons. The van der Waals surface area contributed by atoms with Crippen molar-refractivity contribution in [1.29, 1.82) is 0 Å². The lowest BCUT2D eigenvalue weighted by atomic mass is 9.78. The summed E-state index contributed by atoms with van der Waals surface area (Å²) in [7, 11) is -4.18. The molecule has 0 amide bonds. The topological polar surface area (TPSA) is 54.4 Å².